The number of unbranched alkanes of at least 4 members (excludes halogenated alkanes) is 8. The van der Waals surface area contributed by atoms with Gasteiger partial charge >= 0.3 is 8.56 Å². The van der Waals surface area contributed by atoms with E-state index in [9.17, 15) is 0 Å². The van der Waals surface area contributed by atoms with Crippen molar-refractivity contribution in [2.24, 2.45) is 0 Å². The van der Waals surface area contributed by atoms with Gasteiger partial charge in [-0.2, -0.15) is 0 Å². The molecule has 0 aliphatic carbocycles. The highest BCUT2D eigenvalue weighted by Gasteiger charge is 2.33. The maximum absolute atomic E-state index is 5.82. The largest absolute Gasteiger partial charge is 0.398 e. The molecule has 3 heteroatoms. The Morgan fingerprint density at radius 3 is 1.26 bits per heavy atom. The van der Waals surface area contributed by atoms with E-state index in [0.717, 1.165) is 0 Å². The van der Waals surface area contributed by atoms with Gasteiger partial charge in [-0.3, -0.25) is 0 Å². The number of rotatable bonds is 14. The summed E-state index contributed by atoms with van der Waals surface area (Å²) in [6.45, 7) is 4.53. The summed E-state index contributed by atoms with van der Waals surface area (Å²) >= 11 is 0. The molecule has 0 spiro atoms. The zero-order valence-corrected chi connectivity index (χ0v) is 14.8. The van der Waals surface area contributed by atoms with E-state index in [0.29, 0.717) is 0 Å². The minimum absolute atomic E-state index is 1.18. The van der Waals surface area contributed by atoms with Gasteiger partial charge in [-0.25, -0.2) is 0 Å². The highest BCUT2D eigenvalue weighted by Crippen LogP contribution is 2.24. The first-order valence-corrected chi connectivity index (χ1v) is 10.6. The van der Waals surface area contributed by atoms with Gasteiger partial charge in [-0.05, 0) is 12.1 Å². The summed E-state index contributed by atoms with van der Waals surface area (Å²) in [7, 11) is 1.85. The molecular formula is C16H36O2Si. The van der Waals surface area contributed by atoms with Crippen LogP contribution in [0.25, 0.3) is 0 Å². The average molecular weight is 289 g/mol. The highest BCUT2D eigenvalue weighted by molar-refractivity contribution is 6.67. The van der Waals surface area contributed by atoms with Crippen LogP contribution in [0.1, 0.15) is 78.1 Å². The molecule has 0 aromatic heterocycles. The molecule has 0 bridgehead atoms. The molecule has 0 aliphatic rings. The smallest absolute Gasteiger partial charge is 0.337 e. The van der Waals surface area contributed by atoms with Crippen LogP contribution >= 0.6 is 0 Å². The number of hydrogen-bond acceptors (Lipinski definition) is 2. The van der Waals surface area contributed by atoms with Crippen LogP contribution in [0, 0.1) is 0 Å². The van der Waals surface area contributed by atoms with Crippen molar-refractivity contribution >= 4 is 8.56 Å². The molecule has 0 aromatic rings. The van der Waals surface area contributed by atoms with Crippen molar-refractivity contribution in [1.29, 1.82) is 0 Å². The molecule has 0 rings (SSSR count). The van der Waals surface area contributed by atoms with Crippen LogP contribution in [0.15, 0.2) is 0 Å². The van der Waals surface area contributed by atoms with Crippen LogP contribution < -0.4 is 0 Å². The molecule has 0 unspecified atom stereocenters. The minimum atomic E-state index is -1.86. The Bertz CT molecular complexity index is 166. The second-order valence-electron chi connectivity index (χ2n) is 5.65. The Hall–Kier alpha value is 0.137. The van der Waals surface area contributed by atoms with Crippen molar-refractivity contribution in [3.63, 3.8) is 0 Å². The Morgan fingerprint density at radius 2 is 0.947 bits per heavy atom. The lowest BCUT2D eigenvalue weighted by atomic mass is 10.2. The van der Waals surface area contributed by atoms with Gasteiger partial charge in [0.15, 0.2) is 0 Å². The van der Waals surface area contributed by atoms with Gasteiger partial charge in [-0.1, -0.05) is 78.1 Å². The molecule has 0 heterocycles. The molecule has 0 aromatic carbocycles. The van der Waals surface area contributed by atoms with Crippen molar-refractivity contribution in [3.8, 4) is 0 Å². The molecule has 116 valence electrons. The molecule has 2 nitrogen and oxygen atoms in total. The quantitative estimate of drug-likeness (QED) is 0.303. The Balaban J connectivity index is 3.83. The normalized spacial score (nSPS) is 12.0. The van der Waals surface area contributed by atoms with Gasteiger partial charge < -0.3 is 8.85 Å². The average Bonchev–Trinajstić information content (AvgIpc) is 2.45. The Labute approximate surface area is 122 Å². The lowest BCUT2D eigenvalue weighted by Gasteiger charge is -2.27. The van der Waals surface area contributed by atoms with Crippen LogP contribution in [-0.2, 0) is 8.85 Å². The van der Waals surface area contributed by atoms with E-state index in [1.54, 1.807) is 0 Å². The SMILES string of the molecule is CCCCCCC[Si](CCCCCCC)(OC)OC. The standard InChI is InChI=1S/C16H36O2Si/c1-5-7-9-11-13-15-19(17-3,18-4)16-14-12-10-8-6-2/h5-16H2,1-4H3. The third-order valence-electron chi connectivity index (χ3n) is 4.07. The van der Waals surface area contributed by atoms with Crippen molar-refractivity contribution in [3.05, 3.63) is 0 Å². The molecule has 19 heavy (non-hydrogen) atoms. The molecule has 0 radical (unpaired) electrons. The fraction of sp³-hybridized carbons (Fsp3) is 1.00. The van der Waals surface area contributed by atoms with Crippen LogP contribution in [0.2, 0.25) is 12.1 Å². The van der Waals surface area contributed by atoms with E-state index in [2.05, 4.69) is 13.8 Å². The molecule has 0 saturated heterocycles. The van der Waals surface area contributed by atoms with Gasteiger partial charge in [0.2, 0.25) is 0 Å². The summed E-state index contributed by atoms with van der Waals surface area (Å²) in [6, 6.07) is 2.36. The van der Waals surface area contributed by atoms with Gasteiger partial charge in [0, 0.05) is 14.2 Å². The van der Waals surface area contributed by atoms with E-state index in [4.69, 9.17) is 8.85 Å². The molecular weight excluding hydrogens is 252 g/mol. The molecule has 0 N–H and O–H groups in total. The topological polar surface area (TPSA) is 18.5 Å². The van der Waals surface area contributed by atoms with Crippen molar-refractivity contribution in [1.82, 2.24) is 0 Å². The second-order valence-corrected chi connectivity index (χ2v) is 9.29. The number of hydrogen-bond donors (Lipinski definition) is 0. The zero-order chi connectivity index (χ0) is 14.4. The summed E-state index contributed by atoms with van der Waals surface area (Å²) in [5, 5.41) is 0. The van der Waals surface area contributed by atoms with Crippen LogP contribution in [0.5, 0.6) is 0 Å². The predicted octanol–water partition coefficient (Wildman–Crippen LogP) is 5.66. The van der Waals surface area contributed by atoms with E-state index < -0.39 is 8.56 Å². The monoisotopic (exact) mass is 288 g/mol. The predicted molar refractivity (Wildman–Crippen MR) is 86.9 cm³/mol. The summed E-state index contributed by atoms with van der Waals surface area (Å²) in [4.78, 5) is 0. The summed E-state index contributed by atoms with van der Waals surface area (Å²) in [5.41, 5.74) is 0. The van der Waals surface area contributed by atoms with E-state index >= 15 is 0 Å². The second kappa shape index (κ2) is 13.1. The fourth-order valence-corrected chi connectivity index (χ4v) is 5.42. The molecule has 0 amide bonds. The summed E-state index contributed by atoms with van der Waals surface area (Å²) in [5.74, 6) is 0. The Morgan fingerprint density at radius 1 is 0.579 bits per heavy atom. The molecule has 0 saturated carbocycles. The molecule has 0 fully saturated rings. The van der Waals surface area contributed by atoms with Crippen molar-refractivity contribution in [2.45, 2.75) is 90.1 Å². The fourth-order valence-electron chi connectivity index (χ4n) is 2.61. The Kier molecular flexibility index (Phi) is 13.2. The first-order chi connectivity index (χ1) is 9.24. The highest BCUT2D eigenvalue weighted by atomic mass is 28.4. The third-order valence-corrected chi connectivity index (χ3v) is 7.79. The van der Waals surface area contributed by atoms with E-state index in [1.807, 2.05) is 14.2 Å². The van der Waals surface area contributed by atoms with Crippen molar-refractivity contribution < 1.29 is 8.85 Å². The lowest BCUT2D eigenvalue weighted by Crippen LogP contribution is -2.39. The first-order valence-electron chi connectivity index (χ1n) is 8.35. The van der Waals surface area contributed by atoms with E-state index in [1.165, 1.54) is 76.3 Å². The van der Waals surface area contributed by atoms with Gasteiger partial charge in [0.05, 0.1) is 0 Å². The van der Waals surface area contributed by atoms with Crippen LogP contribution in [-0.4, -0.2) is 22.8 Å². The minimum Gasteiger partial charge on any atom is -0.398 e. The van der Waals surface area contributed by atoms with Gasteiger partial charge in [0.1, 0.15) is 0 Å². The van der Waals surface area contributed by atoms with Crippen LogP contribution in [0.3, 0.4) is 0 Å². The van der Waals surface area contributed by atoms with Crippen LogP contribution in [0.4, 0.5) is 0 Å². The van der Waals surface area contributed by atoms with Gasteiger partial charge in [0.25, 0.3) is 0 Å². The summed E-state index contributed by atoms with van der Waals surface area (Å²) in [6.07, 6.45) is 13.3. The zero-order valence-electron chi connectivity index (χ0n) is 13.8. The maximum atomic E-state index is 5.82. The molecule has 0 aliphatic heterocycles. The summed E-state index contributed by atoms with van der Waals surface area (Å²) < 4.78 is 11.6. The first kappa shape index (κ1) is 19.1. The maximum Gasteiger partial charge on any atom is 0.337 e. The van der Waals surface area contributed by atoms with Gasteiger partial charge in [-0.15, -0.1) is 0 Å². The molecule has 0 atom stereocenters. The lowest BCUT2D eigenvalue weighted by molar-refractivity contribution is 0.238. The van der Waals surface area contributed by atoms with E-state index in [-0.39, 0.29) is 0 Å². The third kappa shape index (κ3) is 9.64. The van der Waals surface area contributed by atoms with Crippen molar-refractivity contribution in [2.75, 3.05) is 14.2 Å².